The number of hydrogen-bond acceptors (Lipinski definition) is 3. The fourth-order valence-electron chi connectivity index (χ4n) is 1.36. The Morgan fingerprint density at radius 1 is 1.38 bits per heavy atom. The first-order valence-corrected chi connectivity index (χ1v) is 4.42. The van der Waals surface area contributed by atoms with E-state index < -0.39 is 12.7 Å². The van der Waals surface area contributed by atoms with Gasteiger partial charge in [-0.3, -0.25) is 4.68 Å². The Morgan fingerprint density at radius 2 is 2.12 bits per heavy atom. The van der Waals surface area contributed by atoms with Crippen LogP contribution in [-0.4, -0.2) is 28.1 Å². The third-order valence-corrected chi connectivity index (χ3v) is 2.04. The molecule has 0 radical (unpaired) electrons. The number of methoxy groups -OCH3 is 1. The van der Waals surface area contributed by atoms with Crippen LogP contribution in [0.4, 0.5) is 13.2 Å². The van der Waals surface area contributed by atoms with Gasteiger partial charge in [0.25, 0.3) is 0 Å². The highest BCUT2D eigenvalue weighted by molar-refractivity contribution is 5.78. The minimum Gasteiger partial charge on any atom is -0.481 e. The zero-order chi connectivity index (χ0) is 11.8. The molecule has 2 rings (SSSR count). The van der Waals surface area contributed by atoms with Crippen LogP contribution in [0.1, 0.15) is 0 Å². The maximum absolute atomic E-state index is 12.2. The van der Waals surface area contributed by atoms with Gasteiger partial charge in [0.05, 0.1) is 25.0 Å². The van der Waals surface area contributed by atoms with Crippen LogP contribution >= 0.6 is 0 Å². The van der Waals surface area contributed by atoms with Crippen LogP contribution in [0.3, 0.4) is 0 Å². The number of fused-ring (bicyclic) bond motifs is 1. The second kappa shape index (κ2) is 3.66. The van der Waals surface area contributed by atoms with Crippen molar-refractivity contribution in [3.05, 3.63) is 18.5 Å². The number of aromatic nitrogens is 3. The van der Waals surface area contributed by atoms with Crippen LogP contribution in [0.5, 0.6) is 5.88 Å². The average Bonchev–Trinajstić information content (AvgIpc) is 2.58. The van der Waals surface area contributed by atoms with Gasteiger partial charge in [-0.2, -0.15) is 18.3 Å². The average molecular weight is 231 g/mol. The second-order valence-corrected chi connectivity index (χ2v) is 3.20. The van der Waals surface area contributed by atoms with E-state index in [0.717, 1.165) is 4.68 Å². The van der Waals surface area contributed by atoms with Crippen molar-refractivity contribution in [1.29, 1.82) is 0 Å². The summed E-state index contributed by atoms with van der Waals surface area (Å²) in [6, 6.07) is 1.54. The van der Waals surface area contributed by atoms with Crippen molar-refractivity contribution in [3.63, 3.8) is 0 Å². The van der Waals surface area contributed by atoms with Crippen molar-refractivity contribution >= 4 is 10.9 Å². The number of halogens is 3. The van der Waals surface area contributed by atoms with Crippen LogP contribution in [0.2, 0.25) is 0 Å². The quantitative estimate of drug-likeness (QED) is 0.793. The van der Waals surface area contributed by atoms with Gasteiger partial charge in [0, 0.05) is 11.5 Å². The first kappa shape index (κ1) is 10.7. The lowest BCUT2D eigenvalue weighted by molar-refractivity contribution is -0.141. The summed E-state index contributed by atoms with van der Waals surface area (Å²) in [7, 11) is 1.44. The van der Waals surface area contributed by atoms with Crippen LogP contribution in [0.15, 0.2) is 18.5 Å². The van der Waals surface area contributed by atoms with Crippen molar-refractivity contribution in [2.75, 3.05) is 7.11 Å². The smallest absolute Gasteiger partial charge is 0.408 e. The van der Waals surface area contributed by atoms with Crippen LogP contribution in [-0.2, 0) is 6.54 Å². The zero-order valence-electron chi connectivity index (χ0n) is 8.32. The molecule has 2 aromatic heterocycles. The molecule has 2 aromatic rings. The monoisotopic (exact) mass is 231 g/mol. The minimum atomic E-state index is -4.29. The molecule has 0 aromatic carbocycles. The highest BCUT2D eigenvalue weighted by Crippen LogP contribution is 2.22. The van der Waals surface area contributed by atoms with Crippen molar-refractivity contribution in [2.24, 2.45) is 0 Å². The van der Waals surface area contributed by atoms with E-state index in [0.29, 0.717) is 16.8 Å². The molecule has 0 saturated heterocycles. The van der Waals surface area contributed by atoms with Crippen molar-refractivity contribution in [3.8, 4) is 5.88 Å². The fraction of sp³-hybridized carbons (Fsp3) is 0.333. The summed E-state index contributed by atoms with van der Waals surface area (Å²) in [6.07, 6.45) is -1.63. The van der Waals surface area contributed by atoms with E-state index in [9.17, 15) is 13.2 Å². The Morgan fingerprint density at radius 3 is 2.75 bits per heavy atom. The van der Waals surface area contributed by atoms with Crippen molar-refractivity contribution in [1.82, 2.24) is 14.8 Å². The Bertz CT molecular complexity index is 506. The Hall–Kier alpha value is -1.79. The maximum atomic E-state index is 12.2. The predicted molar refractivity (Wildman–Crippen MR) is 50.1 cm³/mol. The van der Waals surface area contributed by atoms with Gasteiger partial charge in [-0.15, -0.1) is 0 Å². The van der Waals surface area contributed by atoms with Crippen molar-refractivity contribution < 1.29 is 17.9 Å². The summed E-state index contributed by atoms with van der Waals surface area (Å²) in [6.45, 7) is -1.12. The molecule has 0 spiro atoms. The minimum absolute atomic E-state index is 0.332. The molecule has 0 amide bonds. The van der Waals surface area contributed by atoms with E-state index in [1.165, 1.54) is 25.6 Å². The summed E-state index contributed by atoms with van der Waals surface area (Å²) in [5, 5.41) is 4.22. The van der Waals surface area contributed by atoms with Gasteiger partial charge in [-0.25, -0.2) is 4.98 Å². The molecular weight excluding hydrogens is 223 g/mol. The summed E-state index contributed by atoms with van der Waals surface area (Å²) in [5.41, 5.74) is 0.332. The Labute approximate surface area is 88.6 Å². The molecule has 0 N–H and O–H groups in total. The van der Waals surface area contributed by atoms with Crippen molar-refractivity contribution in [2.45, 2.75) is 12.7 Å². The number of nitrogens with zero attached hydrogens (tertiary/aromatic N) is 3. The van der Waals surface area contributed by atoms with Crippen LogP contribution in [0, 0.1) is 0 Å². The molecular formula is C9H8F3N3O. The lowest BCUT2D eigenvalue weighted by Gasteiger charge is -2.07. The largest absolute Gasteiger partial charge is 0.481 e. The van der Waals surface area contributed by atoms with E-state index >= 15 is 0 Å². The molecule has 0 atom stereocenters. The number of alkyl halides is 3. The van der Waals surface area contributed by atoms with E-state index in [1.807, 2.05) is 0 Å². The first-order chi connectivity index (χ1) is 7.49. The SMILES string of the molecule is COc1cc2cnn(CC(F)(F)F)c2cn1. The molecule has 0 aliphatic carbocycles. The Kier molecular flexibility index (Phi) is 2.45. The molecule has 0 saturated carbocycles. The maximum Gasteiger partial charge on any atom is 0.408 e. The van der Waals surface area contributed by atoms with Gasteiger partial charge in [-0.1, -0.05) is 0 Å². The molecule has 16 heavy (non-hydrogen) atoms. The van der Waals surface area contributed by atoms with E-state index in [2.05, 4.69) is 10.1 Å². The van der Waals surface area contributed by atoms with E-state index in [1.54, 1.807) is 0 Å². The summed E-state index contributed by atoms with van der Waals surface area (Å²) in [5.74, 6) is 0.346. The lowest BCUT2D eigenvalue weighted by atomic mass is 10.3. The number of pyridine rings is 1. The van der Waals surface area contributed by atoms with Gasteiger partial charge < -0.3 is 4.74 Å². The standard InChI is InChI=1S/C9H8F3N3O/c1-16-8-2-6-3-14-15(5-9(10,11)12)7(6)4-13-8/h2-4H,5H2,1H3. The normalized spacial score (nSPS) is 12.0. The highest BCUT2D eigenvalue weighted by Gasteiger charge is 2.29. The summed E-state index contributed by atoms with van der Waals surface area (Å²) in [4.78, 5) is 3.84. The molecule has 86 valence electrons. The molecule has 0 aliphatic heterocycles. The molecule has 0 fully saturated rings. The molecule has 7 heteroatoms. The second-order valence-electron chi connectivity index (χ2n) is 3.20. The predicted octanol–water partition coefficient (Wildman–Crippen LogP) is 2.00. The molecule has 0 unspecified atom stereocenters. The molecule has 0 aliphatic rings. The van der Waals surface area contributed by atoms with Crippen LogP contribution < -0.4 is 4.74 Å². The molecule has 0 bridgehead atoms. The topological polar surface area (TPSA) is 39.9 Å². The summed E-state index contributed by atoms with van der Waals surface area (Å²) < 4.78 is 42.3. The summed E-state index contributed by atoms with van der Waals surface area (Å²) >= 11 is 0. The third-order valence-electron chi connectivity index (χ3n) is 2.04. The van der Waals surface area contributed by atoms with Gasteiger partial charge >= 0.3 is 6.18 Å². The van der Waals surface area contributed by atoms with E-state index in [-0.39, 0.29) is 0 Å². The molecule has 2 heterocycles. The van der Waals surface area contributed by atoms with Gasteiger partial charge in [0.2, 0.25) is 5.88 Å². The van der Waals surface area contributed by atoms with Gasteiger partial charge in [0.15, 0.2) is 0 Å². The number of ether oxygens (including phenoxy) is 1. The van der Waals surface area contributed by atoms with E-state index in [4.69, 9.17) is 4.74 Å². The van der Waals surface area contributed by atoms with Gasteiger partial charge in [0.1, 0.15) is 6.54 Å². The Balaban J connectivity index is 2.42. The third kappa shape index (κ3) is 2.07. The lowest BCUT2D eigenvalue weighted by Crippen LogP contribution is -2.18. The number of rotatable bonds is 2. The highest BCUT2D eigenvalue weighted by atomic mass is 19.4. The fourth-order valence-corrected chi connectivity index (χ4v) is 1.36. The van der Waals surface area contributed by atoms with Gasteiger partial charge in [-0.05, 0) is 0 Å². The zero-order valence-corrected chi connectivity index (χ0v) is 8.32. The first-order valence-electron chi connectivity index (χ1n) is 4.42. The number of hydrogen-bond donors (Lipinski definition) is 0. The van der Waals surface area contributed by atoms with Crippen LogP contribution in [0.25, 0.3) is 10.9 Å². The molecule has 4 nitrogen and oxygen atoms in total.